The van der Waals surface area contributed by atoms with Gasteiger partial charge in [-0.25, -0.2) is 0 Å². The predicted octanol–water partition coefficient (Wildman–Crippen LogP) is 3.49. The summed E-state index contributed by atoms with van der Waals surface area (Å²) in [6.07, 6.45) is 1.13. The van der Waals surface area contributed by atoms with Crippen molar-refractivity contribution in [2.24, 2.45) is 0 Å². The number of ether oxygens (including phenoxy) is 3. The first kappa shape index (κ1) is 19.5. The summed E-state index contributed by atoms with van der Waals surface area (Å²) in [5.74, 6) is 2.42. The fraction of sp³-hybridized carbons (Fsp3) is 0.455. The molecule has 2 aromatic carbocycles. The molecule has 0 aromatic heterocycles. The summed E-state index contributed by atoms with van der Waals surface area (Å²) >= 11 is 0. The molecule has 2 aromatic rings. The van der Waals surface area contributed by atoms with Crippen LogP contribution in [0, 0.1) is 0 Å². The summed E-state index contributed by atoms with van der Waals surface area (Å²) in [6, 6.07) is 14.8. The van der Waals surface area contributed by atoms with Crippen LogP contribution in [0.2, 0.25) is 0 Å². The molecule has 0 spiro atoms. The van der Waals surface area contributed by atoms with Gasteiger partial charge < -0.3 is 19.5 Å². The third-order valence-electron chi connectivity index (χ3n) is 4.95. The second-order valence-corrected chi connectivity index (χ2v) is 6.66. The molecule has 1 aliphatic heterocycles. The van der Waals surface area contributed by atoms with Crippen LogP contribution in [0.4, 0.5) is 0 Å². The number of hydrogen-bond acceptors (Lipinski definition) is 5. The van der Waals surface area contributed by atoms with Gasteiger partial charge in [-0.15, -0.1) is 0 Å². The normalized spacial score (nSPS) is 16.4. The SMILES string of the molecule is CCOc1cccc(C(c2ccc(OC)c(OC)c2)N2CCCNCC2)c1. The van der Waals surface area contributed by atoms with Gasteiger partial charge >= 0.3 is 0 Å². The van der Waals surface area contributed by atoms with Gasteiger partial charge in [0, 0.05) is 19.6 Å². The van der Waals surface area contributed by atoms with Crippen molar-refractivity contribution < 1.29 is 14.2 Å². The molecule has 1 saturated heterocycles. The smallest absolute Gasteiger partial charge is 0.161 e. The van der Waals surface area contributed by atoms with Gasteiger partial charge in [-0.1, -0.05) is 18.2 Å². The number of nitrogens with one attached hydrogen (secondary N) is 1. The Morgan fingerprint density at radius 1 is 0.963 bits per heavy atom. The largest absolute Gasteiger partial charge is 0.494 e. The van der Waals surface area contributed by atoms with Crippen molar-refractivity contribution >= 4 is 0 Å². The fourth-order valence-electron chi connectivity index (χ4n) is 3.70. The topological polar surface area (TPSA) is 43.0 Å². The van der Waals surface area contributed by atoms with E-state index in [0.29, 0.717) is 6.61 Å². The maximum absolute atomic E-state index is 5.75. The average Bonchev–Trinajstić information content (AvgIpc) is 2.98. The predicted molar refractivity (Wildman–Crippen MR) is 108 cm³/mol. The van der Waals surface area contributed by atoms with Crippen molar-refractivity contribution in [3.05, 3.63) is 53.6 Å². The zero-order valence-corrected chi connectivity index (χ0v) is 16.5. The molecule has 1 aliphatic rings. The Kier molecular flexibility index (Phi) is 6.96. The van der Waals surface area contributed by atoms with E-state index in [4.69, 9.17) is 14.2 Å². The molecule has 0 bridgehead atoms. The van der Waals surface area contributed by atoms with Gasteiger partial charge in [-0.3, -0.25) is 4.90 Å². The van der Waals surface area contributed by atoms with Gasteiger partial charge in [0.15, 0.2) is 11.5 Å². The lowest BCUT2D eigenvalue weighted by atomic mass is 9.96. The monoisotopic (exact) mass is 370 g/mol. The molecule has 0 amide bonds. The van der Waals surface area contributed by atoms with Crippen LogP contribution in [0.25, 0.3) is 0 Å². The Bertz CT molecular complexity index is 727. The van der Waals surface area contributed by atoms with E-state index in [0.717, 1.165) is 49.8 Å². The zero-order valence-electron chi connectivity index (χ0n) is 16.5. The van der Waals surface area contributed by atoms with Crippen LogP contribution in [-0.2, 0) is 0 Å². The molecular weight excluding hydrogens is 340 g/mol. The molecule has 3 rings (SSSR count). The molecule has 5 heteroatoms. The maximum atomic E-state index is 5.75. The Labute approximate surface area is 162 Å². The Balaban J connectivity index is 2.03. The quantitative estimate of drug-likeness (QED) is 0.808. The minimum Gasteiger partial charge on any atom is -0.494 e. The highest BCUT2D eigenvalue weighted by molar-refractivity contribution is 5.46. The third-order valence-corrected chi connectivity index (χ3v) is 4.95. The molecular formula is C22H30N2O3. The summed E-state index contributed by atoms with van der Waals surface area (Å²) in [7, 11) is 3.35. The van der Waals surface area contributed by atoms with Crippen LogP contribution >= 0.6 is 0 Å². The summed E-state index contributed by atoms with van der Waals surface area (Å²) in [5.41, 5.74) is 2.43. The van der Waals surface area contributed by atoms with Crippen LogP contribution in [-0.4, -0.2) is 51.9 Å². The van der Waals surface area contributed by atoms with Crippen LogP contribution in [0.15, 0.2) is 42.5 Å². The highest BCUT2D eigenvalue weighted by atomic mass is 16.5. The number of nitrogens with zero attached hydrogens (tertiary/aromatic N) is 1. The van der Waals surface area contributed by atoms with E-state index in [1.54, 1.807) is 14.2 Å². The van der Waals surface area contributed by atoms with E-state index in [1.165, 1.54) is 11.1 Å². The summed E-state index contributed by atoms with van der Waals surface area (Å²) in [6.45, 7) is 6.78. The van der Waals surface area contributed by atoms with E-state index in [9.17, 15) is 0 Å². The van der Waals surface area contributed by atoms with E-state index in [-0.39, 0.29) is 6.04 Å². The average molecular weight is 370 g/mol. The molecule has 0 aliphatic carbocycles. The highest BCUT2D eigenvalue weighted by Crippen LogP contribution is 2.36. The van der Waals surface area contributed by atoms with Gasteiger partial charge in [0.2, 0.25) is 0 Å². The van der Waals surface area contributed by atoms with Crippen LogP contribution in [0.5, 0.6) is 17.2 Å². The lowest BCUT2D eigenvalue weighted by Gasteiger charge is -2.32. The first-order chi connectivity index (χ1) is 13.3. The first-order valence-electron chi connectivity index (χ1n) is 9.66. The van der Waals surface area contributed by atoms with Crippen molar-refractivity contribution in [3.63, 3.8) is 0 Å². The van der Waals surface area contributed by atoms with E-state index >= 15 is 0 Å². The minimum absolute atomic E-state index is 0.144. The number of methoxy groups -OCH3 is 2. The van der Waals surface area contributed by atoms with E-state index in [1.807, 2.05) is 19.1 Å². The van der Waals surface area contributed by atoms with Crippen molar-refractivity contribution in [2.45, 2.75) is 19.4 Å². The van der Waals surface area contributed by atoms with E-state index in [2.05, 4.69) is 40.5 Å². The zero-order chi connectivity index (χ0) is 19.1. The molecule has 5 nitrogen and oxygen atoms in total. The van der Waals surface area contributed by atoms with Gasteiger partial charge in [-0.2, -0.15) is 0 Å². The van der Waals surface area contributed by atoms with Gasteiger partial charge in [0.1, 0.15) is 5.75 Å². The van der Waals surface area contributed by atoms with Crippen LogP contribution < -0.4 is 19.5 Å². The molecule has 1 unspecified atom stereocenters. The fourth-order valence-corrected chi connectivity index (χ4v) is 3.70. The van der Waals surface area contributed by atoms with Crippen molar-refractivity contribution in [1.82, 2.24) is 10.2 Å². The van der Waals surface area contributed by atoms with Crippen LogP contribution in [0.1, 0.15) is 30.5 Å². The number of hydrogen-bond donors (Lipinski definition) is 1. The third kappa shape index (κ3) is 4.73. The standard InChI is InChI=1S/C22H30N2O3/c1-4-27-19-8-5-7-17(15-19)22(24-13-6-11-23-12-14-24)18-9-10-20(25-2)21(16-18)26-3/h5,7-10,15-16,22-23H,4,6,11-14H2,1-3H3. The molecule has 27 heavy (non-hydrogen) atoms. The second kappa shape index (κ2) is 9.62. The van der Waals surface area contributed by atoms with Crippen molar-refractivity contribution in [3.8, 4) is 17.2 Å². The Morgan fingerprint density at radius 3 is 2.56 bits per heavy atom. The van der Waals surface area contributed by atoms with E-state index < -0.39 is 0 Å². The van der Waals surface area contributed by atoms with Gasteiger partial charge in [0.05, 0.1) is 26.9 Å². The Morgan fingerprint density at radius 2 is 1.78 bits per heavy atom. The molecule has 1 heterocycles. The Hall–Kier alpha value is -2.24. The minimum atomic E-state index is 0.144. The van der Waals surface area contributed by atoms with Crippen LogP contribution in [0.3, 0.4) is 0 Å². The molecule has 1 atom stereocenters. The molecule has 0 radical (unpaired) electrons. The molecule has 1 fully saturated rings. The second-order valence-electron chi connectivity index (χ2n) is 6.66. The number of benzene rings is 2. The molecule has 0 saturated carbocycles. The summed E-state index contributed by atoms with van der Waals surface area (Å²) in [5, 5.41) is 3.50. The van der Waals surface area contributed by atoms with Gasteiger partial charge in [0.25, 0.3) is 0 Å². The summed E-state index contributed by atoms with van der Waals surface area (Å²) < 4.78 is 16.7. The molecule has 146 valence electrons. The summed E-state index contributed by atoms with van der Waals surface area (Å²) in [4.78, 5) is 2.53. The lowest BCUT2D eigenvalue weighted by Crippen LogP contribution is -2.33. The lowest BCUT2D eigenvalue weighted by molar-refractivity contribution is 0.239. The highest BCUT2D eigenvalue weighted by Gasteiger charge is 2.24. The van der Waals surface area contributed by atoms with Gasteiger partial charge in [-0.05, 0) is 55.3 Å². The number of rotatable bonds is 7. The molecule has 1 N–H and O–H groups in total. The first-order valence-corrected chi connectivity index (χ1v) is 9.66. The van der Waals surface area contributed by atoms with Crippen molar-refractivity contribution in [2.75, 3.05) is 47.0 Å². The van der Waals surface area contributed by atoms with Crippen molar-refractivity contribution in [1.29, 1.82) is 0 Å². The maximum Gasteiger partial charge on any atom is 0.161 e.